The molecule has 1 aliphatic carbocycles. The fourth-order valence-corrected chi connectivity index (χ4v) is 2.61. The fraction of sp³-hybridized carbons (Fsp3) is 0.222. The van der Waals surface area contributed by atoms with Crippen molar-refractivity contribution in [3.05, 3.63) is 72.3 Å². The van der Waals surface area contributed by atoms with Crippen molar-refractivity contribution in [2.45, 2.75) is 19.4 Å². The maximum atomic E-state index is 13.2. The molecule has 1 aromatic heterocycles. The molecule has 1 heterocycles. The third kappa shape index (κ3) is 3.22. The second-order valence-corrected chi connectivity index (χ2v) is 5.36. The van der Waals surface area contributed by atoms with Crippen LogP contribution in [0, 0.1) is 11.7 Å². The first-order valence-corrected chi connectivity index (χ1v) is 7.36. The van der Waals surface area contributed by atoms with Crippen molar-refractivity contribution in [3.63, 3.8) is 0 Å². The second-order valence-electron chi connectivity index (χ2n) is 5.36. The molecule has 0 saturated carbocycles. The number of carbonyl (C=O) groups is 1. The lowest BCUT2D eigenvalue weighted by Crippen LogP contribution is -2.35. The highest BCUT2D eigenvalue weighted by molar-refractivity contribution is 5.95. The number of halogens is 1. The van der Waals surface area contributed by atoms with Crippen LogP contribution in [0.1, 0.15) is 18.5 Å². The number of carbonyl (C=O) groups excluding carboxylic acids is 1. The van der Waals surface area contributed by atoms with E-state index in [1.165, 1.54) is 12.1 Å². The van der Waals surface area contributed by atoms with E-state index in [0.29, 0.717) is 12.2 Å². The molecule has 0 spiro atoms. The average Bonchev–Trinajstić information content (AvgIpc) is 3.08. The molecule has 1 amide bonds. The Bertz CT molecular complexity index is 659. The molecule has 4 heteroatoms. The minimum absolute atomic E-state index is 0.0336. The molecule has 22 heavy (non-hydrogen) atoms. The second kappa shape index (κ2) is 6.52. The van der Waals surface area contributed by atoms with Gasteiger partial charge in [0, 0.05) is 17.8 Å². The molecule has 3 rings (SSSR count). The molecular weight excluding hydrogens is 279 g/mol. The minimum Gasteiger partial charge on any atom is -0.306 e. The summed E-state index contributed by atoms with van der Waals surface area (Å²) in [6, 6.07) is 11.6. The molecule has 0 bridgehead atoms. The van der Waals surface area contributed by atoms with E-state index < -0.39 is 0 Å². The van der Waals surface area contributed by atoms with E-state index in [1.54, 1.807) is 23.2 Å². The van der Waals surface area contributed by atoms with Gasteiger partial charge >= 0.3 is 0 Å². The van der Waals surface area contributed by atoms with Crippen molar-refractivity contribution < 1.29 is 9.18 Å². The van der Waals surface area contributed by atoms with Crippen molar-refractivity contribution in [1.29, 1.82) is 0 Å². The first kappa shape index (κ1) is 14.4. The van der Waals surface area contributed by atoms with Crippen LogP contribution in [0.5, 0.6) is 0 Å². The first-order chi connectivity index (χ1) is 10.7. The number of allylic oxidation sites excluding steroid dienone is 2. The molecule has 2 aromatic rings. The van der Waals surface area contributed by atoms with Crippen LogP contribution in [0.3, 0.4) is 0 Å². The lowest BCUT2D eigenvalue weighted by atomic mass is 10.0. The van der Waals surface area contributed by atoms with E-state index in [-0.39, 0.29) is 17.6 Å². The summed E-state index contributed by atoms with van der Waals surface area (Å²) in [5.74, 6) is -0.285. The topological polar surface area (TPSA) is 33.2 Å². The molecule has 0 fully saturated rings. The van der Waals surface area contributed by atoms with Gasteiger partial charge in [0.15, 0.2) is 0 Å². The monoisotopic (exact) mass is 296 g/mol. The molecule has 3 nitrogen and oxygen atoms in total. The van der Waals surface area contributed by atoms with Crippen LogP contribution in [0.4, 0.5) is 10.1 Å². The van der Waals surface area contributed by atoms with Gasteiger partial charge in [0.1, 0.15) is 5.82 Å². The van der Waals surface area contributed by atoms with E-state index >= 15 is 0 Å². The Morgan fingerprint density at radius 3 is 2.50 bits per heavy atom. The summed E-state index contributed by atoms with van der Waals surface area (Å²) in [4.78, 5) is 18.8. The van der Waals surface area contributed by atoms with Gasteiger partial charge in [-0.3, -0.25) is 9.78 Å². The molecule has 112 valence electrons. The first-order valence-electron chi connectivity index (χ1n) is 7.36. The molecule has 0 atom stereocenters. The van der Waals surface area contributed by atoms with Crippen LogP contribution in [-0.4, -0.2) is 10.9 Å². The van der Waals surface area contributed by atoms with Crippen LogP contribution in [0.2, 0.25) is 0 Å². The summed E-state index contributed by atoms with van der Waals surface area (Å²) in [5, 5.41) is 0. The van der Waals surface area contributed by atoms with E-state index in [4.69, 9.17) is 0 Å². The van der Waals surface area contributed by atoms with E-state index in [2.05, 4.69) is 4.98 Å². The molecule has 0 radical (unpaired) electrons. The molecule has 0 aliphatic heterocycles. The standard InChI is InChI=1S/C18H17FN2O/c19-15-8-10-17(11-9-15)21(13-16-7-3-4-12-20-16)18(22)14-5-1-2-6-14/h1-4,7-12,14H,5-6,13H2. The Labute approximate surface area is 129 Å². The molecule has 0 unspecified atom stereocenters. The van der Waals surface area contributed by atoms with Gasteiger partial charge in [-0.15, -0.1) is 0 Å². The zero-order valence-corrected chi connectivity index (χ0v) is 12.2. The zero-order chi connectivity index (χ0) is 15.4. The van der Waals surface area contributed by atoms with Crippen LogP contribution in [-0.2, 0) is 11.3 Å². The fourth-order valence-electron chi connectivity index (χ4n) is 2.61. The third-order valence-corrected chi connectivity index (χ3v) is 3.81. The Kier molecular flexibility index (Phi) is 4.28. The third-order valence-electron chi connectivity index (χ3n) is 3.81. The van der Waals surface area contributed by atoms with Gasteiger partial charge in [-0.2, -0.15) is 0 Å². The van der Waals surface area contributed by atoms with Crippen molar-refractivity contribution in [2.24, 2.45) is 5.92 Å². The van der Waals surface area contributed by atoms with Gasteiger partial charge in [-0.1, -0.05) is 18.2 Å². The summed E-state index contributed by atoms with van der Waals surface area (Å²) in [6.07, 6.45) is 7.30. The van der Waals surface area contributed by atoms with Gasteiger partial charge in [-0.25, -0.2) is 4.39 Å². The number of hydrogen-bond acceptors (Lipinski definition) is 2. The Morgan fingerprint density at radius 1 is 1.14 bits per heavy atom. The van der Waals surface area contributed by atoms with Gasteiger partial charge in [0.2, 0.25) is 5.91 Å². The normalized spacial score (nSPS) is 14.2. The molecule has 0 saturated heterocycles. The van der Waals surface area contributed by atoms with E-state index in [0.717, 1.165) is 18.5 Å². The lowest BCUT2D eigenvalue weighted by molar-refractivity contribution is -0.122. The highest BCUT2D eigenvalue weighted by Gasteiger charge is 2.26. The van der Waals surface area contributed by atoms with Crippen molar-refractivity contribution >= 4 is 11.6 Å². The van der Waals surface area contributed by atoms with Crippen LogP contribution >= 0.6 is 0 Å². The summed E-state index contributed by atoms with van der Waals surface area (Å²) < 4.78 is 13.2. The van der Waals surface area contributed by atoms with Crippen LogP contribution in [0.25, 0.3) is 0 Å². The minimum atomic E-state index is -0.309. The van der Waals surface area contributed by atoms with Crippen molar-refractivity contribution in [2.75, 3.05) is 4.90 Å². The van der Waals surface area contributed by atoms with E-state index in [9.17, 15) is 9.18 Å². The molecule has 0 N–H and O–H groups in total. The highest BCUT2D eigenvalue weighted by atomic mass is 19.1. The van der Waals surface area contributed by atoms with Gasteiger partial charge in [-0.05, 0) is 49.2 Å². The summed E-state index contributed by atoms with van der Waals surface area (Å²) in [6.45, 7) is 0.391. The largest absolute Gasteiger partial charge is 0.306 e. The number of amides is 1. The Balaban J connectivity index is 1.87. The molecule has 1 aromatic carbocycles. The maximum Gasteiger partial charge on any atom is 0.231 e. The van der Waals surface area contributed by atoms with E-state index in [1.807, 2.05) is 30.4 Å². The number of benzene rings is 1. The van der Waals surface area contributed by atoms with Crippen LogP contribution in [0.15, 0.2) is 60.8 Å². The van der Waals surface area contributed by atoms with Crippen molar-refractivity contribution in [3.8, 4) is 0 Å². The van der Waals surface area contributed by atoms with Crippen molar-refractivity contribution in [1.82, 2.24) is 4.98 Å². The summed E-state index contributed by atoms with van der Waals surface area (Å²) >= 11 is 0. The number of hydrogen-bond donors (Lipinski definition) is 0. The Morgan fingerprint density at radius 2 is 1.86 bits per heavy atom. The highest BCUT2D eigenvalue weighted by Crippen LogP contribution is 2.25. The zero-order valence-electron chi connectivity index (χ0n) is 12.2. The summed E-state index contributed by atoms with van der Waals surface area (Å²) in [5.41, 5.74) is 1.51. The predicted molar refractivity (Wildman–Crippen MR) is 83.7 cm³/mol. The van der Waals surface area contributed by atoms with Crippen LogP contribution < -0.4 is 4.90 Å². The average molecular weight is 296 g/mol. The quantitative estimate of drug-likeness (QED) is 0.806. The predicted octanol–water partition coefficient (Wildman–Crippen LogP) is 3.72. The van der Waals surface area contributed by atoms with Gasteiger partial charge in [0.25, 0.3) is 0 Å². The smallest absolute Gasteiger partial charge is 0.231 e. The summed E-state index contributed by atoms with van der Waals surface area (Å²) in [7, 11) is 0. The molecule has 1 aliphatic rings. The number of rotatable bonds is 4. The number of aromatic nitrogens is 1. The SMILES string of the molecule is O=C(C1CC=CC1)N(Cc1ccccn1)c1ccc(F)cc1. The maximum absolute atomic E-state index is 13.2. The van der Waals surface area contributed by atoms with Gasteiger partial charge in [0.05, 0.1) is 12.2 Å². The molecular formula is C18H17FN2O. The lowest BCUT2D eigenvalue weighted by Gasteiger charge is -2.25. The number of nitrogens with zero attached hydrogens (tertiary/aromatic N) is 2. The number of anilines is 1. The number of pyridine rings is 1. The Hall–Kier alpha value is -2.49. The van der Waals surface area contributed by atoms with Gasteiger partial charge < -0.3 is 4.90 Å².